The Kier molecular flexibility index (Phi) is 17.3. The number of hydrogen-bond acceptors (Lipinski definition) is 11. The first kappa shape index (κ1) is 53.1. The van der Waals surface area contributed by atoms with Crippen molar-refractivity contribution in [2.45, 2.75) is 89.1 Å². The van der Waals surface area contributed by atoms with E-state index < -0.39 is 103 Å². The zero-order chi connectivity index (χ0) is 50.1. The van der Waals surface area contributed by atoms with Gasteiger partial charge in [0, 0.05) is 58.6 Å². The van der Waals surface area contributed by atoms with Gasteiger partial charge < -0.3 is 36.0 Å². The van der Waals surface area contributed by atoms with Crippen LogP contribution in [0.3, 0.4) is 0 Å². The molecule has 362 valence electrons. The molecule has 2 aromatic carbocycles. The normalized spacial score (nSPS) is 16.9. The van der Waals surface area contributed by atoms with Crippen LogP contribution in [0.1, 0.15) is 98.1 Å². The molecule has 2 amide bonds. The molecule has 0 fully saturated rings. The summed E-state index contributed by atoms with van der Waals surface area (Å²) in [6, 6.07) is 6.14. The summed E-state index contributed by atoms with van der Waals surface area (Å²) in [4.78, 5) is 73.9. The monoisotopic (exact) mass is 971 g/mol. The van der Waals surface area contributed by atoms with Crippen molar-refractivity contribution in [1.29, 1.82) is 0 Å². The summed E-state index contributed by atoms with van der Waals surface area (Å²) in [7, 11) is -8.39. The van der Waals surface area contributed by atoms with Gasteiger partial charge in [-0.1, -0.05) is 44.2 Å². The molecule has 2 aliphatic heterocycles. The number of nitrogens with zero attached hydrogens (tertiary/aromatic N) is 2. The molecule has 0 aliphatic carbocycles. The number of anilines is 1. The molecule has 2 heterocycles. The average Bonchev–Trinajstić information content (AvgIpc) is 3.56. The van der Waals surface area contributed by atoms with Crippen molar-refractivity contribution in [3.63, 3.8) is 0 Å². The Bertz CT molecular complexity index is 2680. The van der Waals surface area contributed by atoms with E-state index in [4.69, 9.17) is 10.2 Å². The number of carboxylic acid groups (broad SMARTS) is 4. The number of carbonyl (C=O) groups excluding carboxylic acids is 2. The second-order valence-electron chi connectivity index (χ2n) is 17.0. The van der Waals surface area contributed by atoms with Gasteiger partial charge in [0.1, 0.15) is 18.6 Å². The van der Waals surface area contributed by atoms with Crippen LogP contribution < -0.4 is 15.5 Å². The minimum atomic E-state index is -4.19. The van der Waals surface area contributed by atoms with Gasteiger partial charge in [0.2, 0.25) is 5.69 Å². The number of fused-ring (bicyclic) bond motifs is 2. The van der Waals surface area contributed by atoms with Crippen molar-refractivity contribution in [2.75, 3.05) is 29.5 Å². The largest absolute Gasteiger partial charge is 0.481 e. The van der Waals surface area contributed by atoms with Crippen molar-refractivity contribution < 1.29 is 79.7 Å². The molecule has 22 heteroatoms. The van der Waals surface area contributed by atoms with Crippen LogP contribution in [0.25, 0.3) is 0 Å². The summed E-state index contributed by atoms with van der Waals surface area (Å²) < 4.78 is 66.2. The van der Waals surface area contributed by atoms with Crippen LogP contribution in [0.2, 0.25) is 0 Å². The zero-order valence-corrected chi connectivity index (χ0v) is 38.8. The van der Waals surface area contributed by atoms with Crippen LogP contribution in [0, 0.1) is 0 Å². The van der Waals surface area contributed by atoms with Crippen LogP contribution in [0.15, 0.2) is 84.6 Å². The number of hydrogen-bond donors (Lipinski definition) is 8. The SMILES string of the molecule is CC1(C)C(/C=C/C=C/C=C/C=C2/N(CCCCS(=O)(=O)O)c3ccc(C(=O)NC(CC(=O)O)C(=O)O)cc3C2(C)C)=[N+](CCCCS(=O)(=O)O)c2ccc(C(=O)NC(CC(=O)O)C(=O)O)cc21. The van der Waals surface area contributed by atoms with Crippen molar-refractivity contribution in [1.82, 2.24) is 10.6 Å². The van der Waals surface area contributed by atoms with Crippen molar-refractivity contribution >= 4 is 73.0 Å². The van der Waals surface area contributed by atoms with E-state index in [1.54, 1.807) is 54.6 Å². The van der Waals surface area contributed by atoms with E-state index in [1.165, 1.54) is 12.1 Å². The molecule has 0 spiro atoms. The summed E-state index contributed by atoms with van der Waals surface area (Å²) in [5.41, 5.74) is 2.98. The molecular formula is C45H55N4O16S2+. The molecule has 2 unspecified atom stereocenters. The fourth-order valence-corrected chi connectivity index (χ4v) is 9.08. The maximum atomic E-state index is 13.1. The van der Waals surface area contributed by atoms with Gasteiger partial charge in [-0.15, -0.1) is 0 Å². The van der Waals surface area contributed by atoms with Crippen molar-refractivity contribution in [3.8, 4) is 0 Å². The fraction of sp³-hybridized carbons (Fsp3) is 0.400. The van der Waals surface area contributed by atoms with E-state index in [0.29, 0.717) is 48.4 Å². The Hall–Kier alpha value is -6.49. The number of allylic oxidation sites excluding steroid dienone is 8. The first-order valence-electron chi connectivity index (χ1n) is 21.0. The van der Waals surface area contributed by atoms with Crippen molar-refractivity contribution in [2.24, 2.45) is 0 Å². The van der Waals surface area contributed by atoms with E-state index in [0.717, 1.165) is 11.4 Å². The second-order valence-corrected chi connectivity index (χ2v) is 20.1. The topological polar surface area (TPSA) is 322 Å². The van der Waals surface area contributed by atoms with Crippen LogP contribution in [0.5, 0.6) is 0 Å². The maximum absolute atomic E-state index is 13.1. The lowest BCUT2D eigenvalue weighted by molar-refractivity contribution is -0.438. The van der Waals surface area contributed by atoms with E-state index in [9.17, 15) is 64.9 Å². The number of aliphatic carboxylic acids is 4. The van der Waals surface area contributed by atoms with Gasteiger partial charge in [-0.2, -0.15) is 21.4 Å². The third-order valence-corrected chi connectivity index (χ3v) is 12.9. The molecule has 8 N–H and O–H groups in total. The summed E-state index contributed by atoms with van der Waals surface area (Å²) in [5.74, 6) is -8.28. The number of nitrogens with one attached hydrogen (secondary N) is 2. The lowest BCUT2D eigenvalue weighted by Gasteiger charge is -2.27. The van der Waals surface area contributed by atoms with E-state index in [1.807, 2.05) is 49.3 Å². The standard InChI is InChI=1S/C45H54N4O16S2/c1-44(2)30-24-28(40(54)46-32(42(56)57)26-38(50)51)16-18-34(30)48(20-10-12-22-66(60,61)62)36(44)14-8-6-5-7-9-15-37-45(3,4)31-25-29(41(55)47-33(43(58)59)27-39(52)53)17-19-35(31)49(37)21-11-13-23-67(63,64)65/h5-9,14-19,24-25,32-33H,10-13,20-23,26-27H2,1-4H3,(H7-,46,47,50,51,52,53,54,55,56,57,58,59,60,61,62,63,64,65)/p+1. The molecule has 4 rings (SSSR count). The maximum Gasteiger partial charge on any atom is 0.326 e. The van der Waals surface area contributed by atoms with Gasteiger partial charge in [0.15, 0.2) is 5.71 Å². The van der Waals surface area contributed by atoms with Crippen LogP contribution in [-0.2, 0) is 50.2 Å². The Labute approximate surface area is 387 Å². The highest BCUT2D eigenvalue weighted by atomic mass is 32.2. The van der Waals surface area contributed by atoms with Gasteiger partial charge >= 0.3 is 23.9 Å². The molecule has 2 aliphatic rings. The summed E-state index contributed by atoms with van der Waals surface area (Å²) in [6.07, 6.45) is 11.9. The van der Waals surface area contributed by atoms with Gasteiger partial charge in [-0.25, -0.2) is 9.59 Å². The Balaban J connectivity index is 1.62. The highest BCUT2D eigenvalue weighted by Gasteiger charge is 2.45. The predicted octanol–water partition coefficient (Wildman–Crippen LogP) is 4.06. The van der Waals surface area contributed by atoms with Crippen LogP contribution in [0.4, 0.5) is 11.4 Å². The Morgan fingerprint density at radius 3 is 1.67 bits per heavy atom. The Morgan fingerprint density at radius 1 is 0.657 bits per heavy atom. The second kappa shape index (κ2) is 21.9. The van der Waals surface area contributed by atoms with Crippen LogP contribution >= 0.6 is 0 Å². The number of carboxylic acids is 4. The summed E-state index contributed by atoms with van der Waals surface area (Å²) >= 11 is 0. The molecule has 0 bridgehead atoms. The lowest BCUT2D eigenvalue weighted by Crippen LogP contribution is -2.42. The first-order valence-corrected chi connectivity index (χ1v) is 24.2. The first-order chi connectivity index (χ1) is 31.1. The van der Waals surface area contributed by atoms with Gasteiger partial charge in [-0.3, -0.25) is 28.3 Å². The van der Waals surface area contributed by atoms with Gasteiger partial charge in [-0.05, 0) is 75.1 Å². The highest BCUT2D eigenvalue weighted by molar-refractivity contribution is 7.86. The molecule has 2 aromatic rings. The number of unbranched alkanes of at least 4 members (excludes halogenated alkanes) is 2. The third-order valence-electron chi connectivity index (χ3n) is 11.3. The van der Waals surface area contributed by atoms with E-state index in [-0.39, 0.29) is 24.0 Å². The number of carbonyl (C=O) groups is 6. The lowest BCUT2D eigenvalue weighted by atomic mass is 9.80. The molecule has 0 radical (unpaired) electrons. The number of benzene rings is 2. The molecule has 0 aromatic heterocycles. The molecule has 2 atom stereocenters. The Morgan fingerprint density at radius 2 is 1.15 bits per heavy atom. The minimum Gasteiger partial charge on any atom is -0.481 e. The fourth-order valence-electron chi connectivity index (χ4n) is 7.94. The molecule has 0 saturated carbocycles. The zero-order valence-electron chi connectivity index (χ0n) is 37.2. The van der Waals surface area contributed by atoms with Crippen molar-refractivity contribution in [3.05, 3.63) is 107 Å². The molecule has 20 nitrogen and oxygen atoms in total. The summed E-state index contributed by atoms with van der Waals surface area (Å²) in [6.45, 7) is 8.29. The van der Waals surface area contributed by atoms with E-state index in [2.05, 4.69) is 10.6 Å². The molecule has 67 heavy (non-hydrogen) atoms. The van der Waals surface area contributed by atoms with Gasteiger partial charge in [0.05, 0.1) is 29.8 Å². The van der Waals surface area contributed by atoms with Gasteiger partial charge in [0.25, 0.3) is 32.1 Å². The average molecular weight is 972 g/mol. The third kappa shape index (κ3) is 14.3. The minimum absolute atomic E-state index is 0.0946. The van der Waals surface area contributed by atoms with E-state index >= 15 is 0 Å². The number of amides is 2. The quantitative estimate of drug-likeness (QED) is 0.0318. The number of rotatable bonds is 24. The highest BCUT2D eigenvalue weighted by Crippen LogP contribution is 2.48. The molecule has 0 saturated heterocycles. The molecular weight excluding hydrogens is 917 g/mol. The predicted molar refractivity (Wildman–Crippen MR) is 245 cm³/mol. The summed E-state index contributed by atoms with van der Waals surface area (Å²) in [5, 5.41) is 41.6. The smallest absolute Gasteiger partial charge is 0.326 e. The van der Waals surface area contributed by atoms with Crippen LogP contribution in [-0.4, -0.2) is 129 Å².